The zero-order valence-corrected chi connectivity index (χ0v) is 15.5. The Balaban J connectivity index is 1.67. The van der Waals surface area contributed by atoms with E-state index in [0.717, 1.165) is 11.3 Å². The van der Waals surface area contributed by atoms with E-state index in [1.807, 2.05) is 30.0 Å². The molecule has 0 spiro atoms. The van der Waals surface area contributed by atoms with E-state index in [2.05, 4.69) is 29.0 Å². The summed E-state index contributed by atoms with van der Waals surface area (Å²) in [4.78, 5) is 23.4. The van der Waals surface area contributed by atoms with Gasteiger partial charge in [-0.15, -0.1) is 0 Å². The maximum atomic E-state index is 12.9. The average molecular weight is 356 g/mol. The molecule has 5 nitrogen and oxygen atoms in total. The lowest BCUT2D eigenvalue weighted by atomic mass is 10.1. The number of benzene rings is 1. The summed E-state index contributed by atoms with van der Waals surface area (Å²) in [5.41, 5.74) is 7.74. The Hall–Kier alpha value is -2.08. The Bertz CT molecular complexity index is 713. The molecule has 0 saturated heterocycles. The summed E-state index contributed by atoms with van der Waals surface area (Å²) in [6, 6.07) is 12.1. The highest BCUT2D eigenvalue weighted by molar-refractivity contribution is 7.99. The van der Waals surface area contributed by atoms with Gasteiger partial charge in [-0.2, -0.15) is 0 Å². The third-order valence-corrected chi connectivity index (χ3v) is 5.32. The van der Waals surface area contributed by atoms with Crippen molar-refractivity contribution in [3.63, 3.8) is 0 Å². The smallest absolute Gasteiger partial charge is 0.233 e. The van der Waals surface area contributed by atoms with Crippen LogP contribution < -0.4 is 5.73 Å². The molecule has 1 aliphatic rings. The lowest BCUT2D eigenvalue weighted by Crippen LogP contribution is -2.40. The number of nitrogens with zero attached hydrogens (tertiary/aromatic N) is 3. The molecule has 0 radical (unpaired) electrons. The fraction of sp³-hybridized carbons (Fsp3) is 0.421. The summed E-state index contributed by atoms with van der Waals surface area (Å²) < 4.78 is 0. The van der Waals surface area contributed by atoms with E-state index in [1.54, 1.807) is 6.07 Å². The van der Waals surface area contributed by atoms with Crippen molar-refractivity contribution in [2.75, 3.05) is 11.5 Å². The van der Waals surface area contributed by atoms with Crippen molar-refractivity contribution >= 4 is 23.5 Å². The van der Waals surface area contributed by atoms with Crippen molar-refractivity contribution in [2.24, 2.45) is 5.92 Å². The number of hydrogen-bond acceptors (Lipinski definition) is 5. The maximum absolute atomic E-state index is 12.9. The zero-order valence-electron chi connectivity index (χ0n) is 14.7. The molecular weight excluding hydrogens is 332 g/mol. The van der Waals surface area contributed by atoms with Crippen LogP contribution in [0.5, 0.6) is 0 Å². The van der Waals surface area contributed by atoms with Crippen LogP contribution in [0.3, 0.4) is 0 Å². The van der Waals surface area contributed by atoms with E-state index >= 15 is 0 Å². The Labute approximate surface area is 153 Å². The molecule has 6 heteroatoms. The van der Waals surface area contributed by atoms with Crippen LogP contribution >= 0.6 is 11.8 Å². The third-order valence-electron chi connectivity index (χ3n) is 4.49. The summed E-state index contributed by atoms with van der Waals surface area (Å²) in [7, 11) is 0. The molecule has 1 amide bonds. The Morgan fingerprint density at radius 1 is 1.32 bits per heavy atom. The highest BCUT2D eigenvalue weighted by Gasteiger charge is 2.34. The highest BCUT2D eigenvalue weighted by Crippen LogP contribution is 2.36. The first-order valence-electron chi connectivity index (χ1n) is 8.60. The molecule has 2 aromatic rings. The molecule has 132 valence electrons. The number of rotatable bonds is 7. The molecule has 1 unspecified atom stereocenters. The first kappa shape index (κ1) is 17.7. The fourth-order valence-electron chi connectivity index (χ4n) is 2.91. The second-order valence-corrected chi connectivity index (χ2v) is 7.53. The predicted octanol–water partition coefficient (Wildman–Crippen LogP) is 3.29. The van der Waals surface area contributed by atoms with Crippen LogP contribution in [0.15, 0.2) is 41.6 Å². The van der Waals surface area contributed by atoms with E-state index < -0.39 is 0 Å². The van der Waals surface area contributed by atoms with Gasteiger partial charge in [0, 0.05) is 24.3 Å². The summed E-state index contributed by atoms with van der Waals surface area (Å²) in [6.45, 7) is 4.68. The first-order valence-corrected chi connectivity index (χ1v) is 9.59. The van der Waals surface area contributed by atoms with E-state index in [1.165, 1.54) is 24.6 Å². The largest absolute Gasteiger partial charge is 0.384 e. The summed E-state index contributed by atoms with van der Waals surface area (Å²) in [6.07, 6.45) is 2.43. The first-order chi connectivity index (χ1) is 12.0. The van der Waals surface area contributed by atoms with Crippen LogP contribution in [0.25, 0.3) is 0 Å². The summed E-state index contributed by atoms with van der Waals surface area (Å²) >= 11 is 1.35. The van der Waals surface area contributed by atoms with Gasteiger partial charge in [-0.25, -0.2) is 9.97 Å². The SMILES string of the molecule is Cc1cc(N)nc(SCC(=O)N(Cc2ccccc2)C(C)C2CC2)n1. The standard InChI is InChI=1S/C19H24N4OS/c1-13-10-17(20)22-19(21-13)25-12-18(24)23(14(2)16-8-9-16)11-15-6-4-3-5-7-15/h3-7,10,14,16H,8-9,11-12H2,1-2H3,(H2,20,21,22). The van der Waals surface area contributed by atoms with Gasteiger partial charge in [-0.05, 0) is 38.2 Å². The quantitative estimate of drug-likeness (QED) is 0.609. The van der Waals surface area contributed by atoms with Crippen molar-refractivity contribution < 1.29 is 4.79 Å². The number of nitrogens with two attached hydrogens (primary N) is 1. The van der Waals surface area contributed by atoms with Gasteiger partial charge in [-0.1, -0.05) is 42.1 Å². The Kier molecular flexibility index (Phi) is 5.58. The number of hydrogen-bond donors (Lipinski definition) is 1. The minimum Gasteiger partial charge on any atom is -0.384 e. The second-order valence-electron chi connectivity index (χ2n) is 6.59. The molecule has 1 aromatic heterocycles. The number of carbonyl (C=O) groups is 1. The van der Waals surface area contributed by atoms with E-state index in [-0.39, 0.29) is 11.9 Å². The molecule has 1 saturated carbocycles. The number of aromatic nitrogens is 2. The number of amides is 1. The van der Waals surface area contributed by atoms with Crippen LogP contribution in [0.4, 0.5) is 5.82 Å². The molecular formula is C19H24N4OS. The number of thioether (sulfide) groups is 1. The molecule has 0 aliphatic heterocycles. The number of nitrogen functional groups attached to an aromatic ring is 1. The number of aryl methyl sites for hydroxylation is 1. The molecule has 1 aliphatic carbocycles. The van der Waals surface area contributed by atoms with E-state index in [9.17, 15) is 4.79 Å². The monoisotopic (exact) mass is 356 g/mol. The summed E-state index contributed by atoms with van der Waals surface area (Å²) in [5, 5.41) is 0.560. The molecule has 1 fully saturated rings. The predicted molar refractivity (Wildman–Crippen MR) is 101 cm³/mol. The van der Waals surface area contributed by atoms with Crippen LogP contribution in [0.2, 0.25) is 0 Å². The van der Waals surface area contributed by atoms with Crippen molar-refractivity contribution in [3.05, 3.63) is 47.7 Å². The Morgan fingerprint density at radius 2 is 2.04 bits per heavy atom. The number of anilines is 1. The number of carbonyl (C=O) groups excluding carboxylic acids is 1. The Morgan fingerprint density at radius 3 is 2.68 bits per heavy atom. The maximum Gasteiger partial charge on any atom is 0.233 e. The lowest BCUT2D eigenvalue weighted by Gasteiger charge is -2.29. The van der Waals surface area contributed by atoms with Crippen molar-refractivity contribution in [3.8, 4) is 0 Å². The second kappa shape index (κ2) is 7.87. The minimum atomic E-state index is 0.122. The fourth-order valence-corrected chi connectivity index (χ4v) is 3.71. The van der Waals surface area contributed by atoms with Gasteiger partial charge in [0.25, 0.3) is 0 Å². The van der Waals surface area contributed by atoms with Gasteiger partial charge in [-0.3, -0.25) is 4.79 Å². The third kappa shape index (κ3) is 4.95. The topological polar surface area (TPSA) is 72.1 Å². The van der Waals surface area contributed by atoms with Gasteiger partial charge >= 0.3 is 0 Å². The molecule has 2 N–H and O–H groups in total. The molecule has 1 atom stereocenters. The molecule has 1 aromatic carbocycles. The molecule has 3 rings (SSSR count). The van der Waals surface area contributed by atoms with Crippen molar-refractivity contribution in [2.45, 2.75) is 44.4 Å². The summed E-state index contributed by atoms with van der Waals surface area (Å²) in [5.74, 6) is 1.52. The van der Waals surface area contributed by atoms with Crippen molar-refractivity contribution in [1.82, 2.24) is 14.9 Å². The van der Waals surface area contributed by atoms with Gasteiger partial charge in [0.2, 0.25) is 5.91 Å². The van der Waals surface area contributed by atoms with Gasteiger partial charge < -0.3 is 10.6 Å². The van der Waals surface area contributed by atoms with E-state index in [4.69, 9.17) is 5.73 Å². The molecule has 25 heavy (non-hydrogen) atoms. The van der Waals surface area contributed by atoms with Crippen LogP contribution in [-0.2, 0) is 11.3 Å². The van der Waals surface area contributed by atoms with Crippen LogP contribution in [0.1, 0.15) is 31.0 Å². The average Bonchev–Trinajstić information content (AvgIpc) is 3.42. The van der Waals surface area contributed by atoms with Gasteiger partial charge in [0.1, 0.15) is 5.82 Å². The highest BCUT2D eigenvalue weighted by atomic mass is 32.2. The van der Waals surface area contributed by atoms with E-state index in [0.29, 0.717) is 29.2 Å². The van der Waals surface area contributed by atoms with Crippen LogP contribution in [0, 0.1) is 12.8 Å². The van der Waals surface area contributed by atoms with Crippen molar-refractivity contribution in [1.29, 1.82) is 0 Å². The van der Waals surface area contributed by atoms with Crippen LogP contribution in [-0.4, -0.2) is 32.6 Å². The lowest BCUT2D eigenvalue weighted by molar-refractivity contribution is -0.131. The molecule has 0 bridgehead atoms. The normalized spacial score (nSPS) is 15.0. The van der Waals surface area contributed by atoms with Gasteiger partial charge in [0.05, 0.1) is 5.75 Å². The zero-order chi connectivity index (χ0) is 17.8. The minimum absolute atomic E-state index is 0.122. The molecule has 1 heterocycles. The van der Waals surface area contributed by atoms with Gasteiger partial charge in [0.15, 0.2) is 5.16 Å².